The number of fused-ring (bicyclic) bond motifs is 1. The quantitative estimate of drug-likeness (QED) is 0.715. The van der Waals surface area contributed by atoms with Gasteiger partial charge in [0.1, 0.15) is 0 Å². The van der Waals surface area contributed by atoms with Crippen LogP contribution in [0.2, 0.25) is 0 Å². The molecule has 1 fully saturated rings. The van der Waals surface area contributed by atoms with Crippen molar-refractivity contribution in [1.29, 1.82) is 0 Å². The molecule has 2 aromatic rings. The number of anilines is 3. The van der Waals surface area contributed by atoms with Crippen molar-refractivity contribution in [2.75, 3.05) is 41.8 Å². The van der Waals surface area contributed by atoms with Gasteiger partial charge in [-0.1, -0.05) is 34.1 Å². The Morgan fingerprint density at radius 2 is 2.00 bits per heavy atom. The fraction of sp³-hybridized carbons (Fsp3) is 0.364. The molecule has 29 heavy (non-hydrogen) atoms. The number of para-hydroxylation sites is 1. The van der Waals surface area contributed by atoms with Gasteiger partial charge in [-0.2, -0.15) is 0 Å². The molecule has 1 atom stereocenters. The van der Waals surface area contributed by atoms with E-state index in [1.807, 2.05) is 42.5 Å². The number of nitrogens with one attached hydrogen (secondary N) is 2. The Labute approximate surface area is 178 Å². The molecule has 152 valence electrons. The molecule has 0 bridgehead atoms. The van der Waals surface area contributed by atoms with E-state index < -0.39 is 0 Å². The largest absolute Gasteiger partial charge is 0.378 e. The average molecular weight is 458 g/mol. The van der Waals surface area contributed by atoms with Crippen LogP contribution in [0.4, 0.5) is 17.1 Å². The standard InChI is InChI=1S/C22H24BrN3O3/c23-17-6-7-20(26-9-11-29-12-10-26)19(14-17)24-21(27)8-5-16-13-15-3-1-2-4-18(15)25-22(16)28/h1-4,6-7,14,16H,5,8-13H2,(H,24,27)(H,25,28). The van der Waals surface area contributed by atoms with Crippen LogP contribution in [0.1, 0.15) is 18.4 Å². The van der Waals surface area contributed by atoms with Crippen LogP contribution in [-0.4, -0.2) is 38.1 Å². The summed E-state index contributed by atoms with van der Waals surface area (Å²) < 4.78 is 6.34. The third-order valence-electron chi connectivity index (χ3n) is 5.42. The summed E-state index contributed by atoms with van der Waals surface area (Å²) in [6.07, 6.45) is 1.49. The number of hydrogen-bond acceptors (Lipinski definition) is 4. The zero-order valence-electron chi connectivity index (χ0n) is 16.1. The fourth-order valence-corrected chi connectivity index (χ4v) is 4.21. The van der Waals surface area contributed by atoms with Crippen molar-refractivity contribution in [3.8, 4) is 0 Å². The number of benzene rings is 2. The second-order valence-corrected chi connectivity index (χ2v) is 8.31. The second kappa shape index (κ2) is 8.97. The van der Waals surface area contributed by atoms with Gasteiger partial charge in [0.25, 0.3) is 0 Å². The first kappa shape index (κ1) is 19.9. The molecule has 7 heteroatoms. The maximum Gasteiger partial charge on any atom is 0.227 e. The van der Waals surface area contributed by atoms with Crippen molar-refractivity contribution in [2.24, 2.45) is 5.92 Å². The Kier molecular flexibility index (Phi) is 6.16. The highest BCUT2D eigenvalue weighted by Crippen LogP contribution is 2.31. The lowest BCUT2D eigenvalue weighted by atomic mass is 9.89. The Bertz CT molecular complexity index is 912. The molecular formula is C22H24BrN3O3. The first-order valence-corrected chi connectivity index (χ1v) is 10.7. The van der Waals surface area contributed by atoms with Crippen LogP contribution < -0.4 is 15.5 Å². The van der Waals surface area contributed by atoms with Crippen LogP contribution in [0, 0.1) is 5.92 Å². The van der Waals surface area contributed by atoms with Crippen LogP contribution in [0.25, 0.3) is 0 Å². The minimum absolute atomic E-state index is 0.00652. The van der Waals surface area contributed by atoms with E-state index in [2.05, 4.69) is 31.5 Å². The molecule has 1 unspecified atom stereocenters. The van der Waals surface area contributed by atoms with Gasteiger partial charge in [0.05, 0.1) is 24.6 Å². The molecule has 0 aliphatic carbocycles. The highest BCUT2D eigenvalue weighted by Gasteiger charge is 2.26. The molecule has 0 saturated carbocycles. The van der Waals surface area contributed by atoms with Gasteiger partial charge in [-0.3, -0.25) is 9.59 Å². The van der Waals surface area contributed by atoms with Gasteiger partial charge in [-0.05, 0) is 42.7 Å². The van der Waals surface area contributed by atoms with Crippen molar-refractivity contribution >= 4 is 44.8 Å². The van der Waals surface area contributed by atoms with E-state index in [4.69, 9.17) is 4.74 Å². The molecule has 6 nitrogen and oxygen atoms in total. The minimum Gasteiger partial charge on any atom is -0.378 e. The normalized spacial score (nSPS) is 18.7. The number of rotatable bonds is 5. The number of ether oxygens (including phenoxy) is 1. The molecule has 4 rings (SSSR count). The first-order chi connectivity index (χ1) is 14.1. The second-order valence-electron chi connectivity index (χ2n) is 7.40. The van der Waals surface area contributed by atoms with Crippen molar-refractivity contribution in [1.82, 2.24) is 0 Å². The van der Waals surface area contributed by atoms with E-state index in [9.17, 15) is 9.59 Å². The molecule has 0 radical (unpaired) electrons. The van der Waals surface area contributed by atoms with Crippen LogP contribution in [0.3, 0.4) is 0 Å². The van der Waals surface area contributed by atoms with E-state index in [1.165, 1.54) is 0 Å². The van der Waals surface area contributed by atoms with E-state index >= 15 is 0 Å². The fourth-order valence-electron chi connectivity index (χ4n) is 3.85. The lowest BCUT2D eigenvalue weighted by Gasteiger charge is -2.30. The molecule has 2 aromatic carbocycles. The van der Waals surface area contributed by atoms with Gasteiger partial charge in [0.2, 0.25) is 11.8 Å². The number of nitrogens with zero attached hydrogens (tertiary/aromatic N) is 1. The lowest BCUT2D eigenvalue weighted by molar-refractivity contribution is -0.121. The van der Waals surface area contributed by atoms with Crippen LogP contribution in [0.5, 0.6) is 0 Å². The van der Waals surface area contributed by atoms with Crippen molar-refractivity contribution in [3.05, 3.63) is 52.5 Å². The Balaban J connectivity index is 1.39. The summed E-state index contributed by atoms with van der Waals surface area (Å²) in [6.45, 7) is 2.96. The predicted molar refractivity (Wildman–Crippen MR) is 117 cm³/mol. The molecule has 2 amide bonds. The predicted octanol–water partition coefficient (Wildman–Crippen LogP) is 3.82. The van der Waals surface area contributed by atoms with E-state index in [0.29, 0.717) is 32.5 Å². The Morgan fingerprint density at radius 3 is 2.83 bits per heavy atom. The van der Waals surface area contributed by atoms with E-state index in [1.54, 1.807) is 0 Å². The summed E-state index contributed by atoms with van der Waals surface area (Å²) in [6, 6.07) is 13.7. The summed E-state index contributed by atoms with van der Waals surface area (Å²) in [7, 11) is 0. The van der Waals surface area contributed by atoms with Gasteiger partial charge in [0.15, 0.2) is 0 Å². The van der Waals surface area contributed by atoms with E-state index in [-0.39, 0.29) is 17.7 Å². The molecule has 0 spiro atoms. The van der Waals surface area contributed by atoms with Crippen LogP contribution >= 0.6 is 15.9 Å². The highest BCUT2D eigenvalue weighted by molar-refractivity contribution is 9.10. The van der Waals surface area contributed by atoms with Crippen molar-refractivity contribution in [3.63, 3.8) is 0 Å². The Morgan fingerprint density at radius 1 is 1.21 bits per heavy atom. The van der Waals surface area contributed by atoms with Crippen LogP contribution in [0.15, 0.2) is 46.9 Å². The summed E-state index contributed by atoms with van der Waals surface area (Å²) in [5.41, 5.74) is 3.78. The summed E-state index contributed by atoms with van der Waals surface area (Å²) in [5, 5.41) is 5.99. The molecule has 2 aliphatic rings. The number of hydrogen-bond donors (Lipinski definition) is 2. The van der Waals surface area contributed by atoms with Gasteiger partial charge in [-0.25, -0.2) is 0 Å². The summed E-state index contributed by atoms with van der Waals surface area (Å²) in [4.78, 5) is 27.2. The molecule has 2 aliphatic heterocycles. The van der Waals surface area contributed by atoms with Gasteiger partial charge in [-0.15, -0.1) is 0 Å². The zero-order valence-corrected chi connectivity index (χ0v) is 17.7. The van der Waals surface area contributed by atoms with Gasteiger partial charge in [0, 0.05) is 35.6 Å². The Hall–Kier alpha value is -2.38. The number of halogens is 1. The number of morpholine rings is 1. The maximum atomic E-state index is 12.7. The number of carbonyl (C=O) groups is 2. The minimum atomic E-state index is -0.183. The SMILES string of the molecule is O=C(CCC1Cc2ccccc2NC1=O)Nc1cc(Br)ccc1N1CCOCC1. The molecule has 0 aromatic heterocycles. The third kappa shape index (κ3) is 4.79. The molecule has 2 N–H and O–H groups in total. The van der Waals surface area contributed by atoms with Crippen molar-refractivity contribution < 1.29 is 14.3 Å². The molecule has 1 saturated heterocycles. The molecular weight excluding hydrogens is 434 g/mol. The van der Waals surface area contributed by atoms with Gasteiger partial charge >= 0.3 is 0 Å². The zero-order chi connectivity index (χ0) is 20.2. The monoisotopic (exact) mass is 457 g/mol. The van der Waals surface area contributed by atoms with E-state index in [0.717, 1.165) is 40.2 Å². The number of amides is 2. The topological polar surface area (TPSA) is 70.7 Å². The average Bonchev–Trinajstić information content (AvgIpc) is 2.73. The summed E-state index contributed by atoms with van der Waals surface area (Å²) >= 11 is 3.49. The number of carbonyl (C=O) groups excluding carboxylic acids is 2. The van der Waals surface area contributed by atoms with Crippen molar-refractivity contribution in [2.45, 2.75) is 19.3 Å². The smallest absolute Gasteiger partial charge is 0.227 e. The summed E-state index contributed by atoms with van der Waals surface area (Å²) in [5.74, 6) is -0.269. The third-order valence-corrected chi connectivity index (χ3v) is 5.91. The van der Waals surface area contributed by atoms with Crippen LogP contribution in [-0.2, 0) is 20.7 Å². The maximum absolute atomic E-state index is 12.7. The molecule has 2 heterocycles. The first-order valence-electron chi connectivity index (χ1n) is 9.91. The van der Waals surface area contributed by atoms with Gasteiger partial charge < -0.3 is 20.3 Å². The lowest BCUT2D eigenvalue weighted by Crippen LogP contribution is -2.36. The highest BCUT2D eigenvalue weighted by atomic mass is 79.9.